The fourth-order valence-electron chi connectivity index (χ4n) is 2.13. The van der Waals surface area contributed by atoms with E-state index in [9.17, 15) is 0 Å². The van der Waals surface area contributed by atoms with Crippen molar-refractivity contribution in [2.75, 3.05) is 19.5 Å². The van der Waals surface area contributed by atoms with Gasteiger partial charge in [0, 0.05) is 23.9 Å². The molecule has 0 fully saturated rings. The summed E-state index contributed by atoms with van der Waals surface area (Å²) < 4.78 is 10.6. The molecule has 3 aromatic rings. The van der Waals surface area contributed by atoms with E-state index in [1.54, 1.807) is 31.9 Å². The van der Waals surface area contributed by atoms with Gasteiger partial charge in [-0.3, -0.25) is 0 Å². The summed E-state index contributed by atoms with van der Waals surface area (Å²) >= 11 is 1.61. The largest absolute Gasteiger partial charge is 0.497 e. The van der Waals surface area contributed by atoms with Crippen molar-refractivity contribution in [3.63, 3.8) is 0 Å². The second-order valence-electron chi connectivity index (χ2n) is 4.55. The summed E-state index contributed by atoms with van der Waals surface area (Å²) in [7, 11) is 3.26. The molecular weight excluding hydrogens is 286 g/mol. The topological polar surface area (TPSA) is 56.3 Å². The van der Waals surface area contributed by atoms with Crippen LogP contribution < -0.4 is 14.8 Å². The van der Waals surface area contributed by atoms with Gasteiger partial charge in [0.25, 0.3) is 0 Å². The van der Waals surface area contributed by atoms with Crippen LogP contribution in [0, 0.1) is 6.92 Å². The number of fused-ring (bicyclic) bond motifs is 1. The van der Waals surface area contributed by atoms with Crippen LogP contribution in [0.2, 0.25) is 0 Å². The molecule has 3 rings (SSSR count). The van der Waals surface area contributed by atoms with Crippen molar-refractivity contribution in [1.29, 1.82) is 0 Å². The Morgan fingerprint density at radius 1 is 1.05 bits per heavy atom. The van der Waals surface area contributed by atoms with Crippen LogP contribution in [0.4, 0.5) is 11.5 Å². The van der Waals surface area contributed by atoms with Gasteiger partial charge in [0.05, 0.1) is 19.6 Å². The zero-order valence-corrected chi connectivity index (χ0v) is 12.8. The minimum Gasteiger partial charge on any atom is -0.497 e. The lowest BCUT2D eigenvalue weighted by molar-refractivity contribution is 0.395. The Morgan fingerprint density at radius 3 is 2.43 bits per heavy atom. The predicted molar refractivity (Wildman–Crippen MR) is 85.0 cm³/mol. The molecule has 2 heterocycles. The monoisotopic (exact) mass is 301 g/mol. The Bertz CT molecular complexity index is 763. The molecule has 0 aliphatic carbocycles. The SMILES string of the molecule is COc1cc(Nc2ncnc3scc(C)c23)cc(OC)c1. The fraction of sp³-hybridized carbons (Fsp3) is 0.200. The standard InChI is InChI=1S/C15H15N3O2S/c1-9-7-21-15-13(9)14(16-8-17-15)18-10-4-11(19-2)6-12(5-10)20-3/h4-8H,1-3H3,(H,16,17,18). The van der Waals surface area contributed by atoms with Crippen molar-refractivity contribution in [3.8, 4) is 11.5 Å². The highest BCUT2D eigenvalue weighted by molar-refractivity contribution is 7.17. The molecule has 0 amide bonds. The number of nitrogens with one attached hydrogen (secondary N) is 1. The molecule has 0 spiro atoms. The number of aryl methyl sites for hydroxylation is 1. The Morgan fingerprint density at radius 2 is 1.76 bits per heavy atom. The number of methoxy groups -OCH3 is 2. The molecular formula is C15H15N3O2S. The maximum atomic E-state index is 5.28. The lowest BCUT2D eigenvalue weighted by Gasteiger charge is -2.11. The summed E-state index contributed by atoms with van der Waals surface area (Å²) in [6.07, 6.45) is 1.57. The highest BCUT2D eigenvalue weighted by atomic mass is 32.1. The van der Waals surface area contributed by atoms with Gasteiger partial charge < -0.3 is 14.8 Å². The summed E-state index contributed by atoms with van der Waals surface area (Å²) in [5, 5.41) is 6.44. The van der Waals surface area contributed by atoms with Gasteiger partial charge in [-0.05, 0) is 17.9 Å². The van der Waals surface area contributed by atoms with Gasteiger partial charge in [0.1, 0.15) is 28.5 Å². The fourth-order valence-corrected chi connectivity index (χ4v) is 3.02. The number of rotatable bonds is 4. The maximum Gasteiger partial charge on any atom is 0.142 e. The van der Waals surface area contributed by atoms with Gasteiger partial charge in [0.2, 0.25) is 0 Å². The molecule has 1 N–H and O–H groups in total. The number of thiophene rings is 1. The quantitative estimate of drug-likeness (QED) is 0.795. The number of ether oxygens (including phenoxy) is 2. The van der Waals surface area contributed by atoms with Crippen molar-refractivity contribution in [2.45, 2.75) is 6.92 Å². The predicted octanol–water partition coefficient (Wildman–Crippen LogP) is 3.76. The number of benzene rings is 1. The van der Waals surface area contributed by atoms with Crippen molar-refractivity contribution in [2.24, 2.45) is 0 Å². The minimum atomic E-state index is 0.726. The van der Waals surface area contributed by atoms with E-state index >= 15 is 0 Å². The Labute approximate surface area is 126 Å². The number of anilines is 2. The molecule has 0 radical (unpaired) electrons. The summed E-state index contributed by atoms with van der Waals surface area (Å²) in [6, 6.07) is 5.63. The first-order valence-electron chi connectivity index (χ1n) is 6.40. The molecule has 2 aromatic heterocycles. The Hall–Kier alpha value is -2.34. The van der Waals surface area contributed by atoms with Crippen molar-refractivity contribution >= 4 is 33.1 Å². The third-order valence-corrected chi connectivity index (χ3v) is 4.17. The minimum absolute atomic E-state index is 0.726. The smallest absolute Gasteiger partial charge is 0.142 e. The van der Waals surface area contributed by atoms with Crippen LogP contribution in [0.25, 0.3) is 10.2 Å². The second kappa shape index (κ2) is 5.57. The van der Waals surface area contributed by atoms with Gasteiger partial charge in [-0.25, -0.2) is 9.97 Å². The first-order valence-corrected chi connectivity index (χ1v) is 7.28. The molecule has 0 aliphatic rings. The first-order chi connectivity index (χ1) is 10.2. The molecule has 0 saturated heterocycles. The van der Waals surface area contributed by atoms with E-state index in [0.29, 0.717) is 0 Å². The van der Waals surface area contributed by atoms with Gasteiger partial charge in [-0.15, -0.1) is 11.3 Å². The van der Waals surface area contributed by atoms with Crippen molar-refractivity contribution in [3.05, 3.63) is 35.5 Å². The van der Waals surface area contributed by atoms with E-state index in [-0.39, 0.29) is 0 Å². The van der Waals surface area contributed by atoms with E-state index in [1.807, 2.05) is 18.2 Å². The van der Waals surface area contributed by atoms with Crippen LogP contribution in [0.1, 0.15) is 5.56 Å². The number of hydrogen-bond donors (Lipinski definition) is 1. The van der Waals surface area contributed by atoms with E-state index < -0.39 is 0 Å². The Kier molecular flexibility index (Phi) is 3.62. The van der Waals surface area contributed by atoms with Gasteiger partial charge in [0.15, 0.2) is 0 Å². The van der Waals surface area contributed by atoms with Crippen molar-refractivity contribution in [1.82, 2.24) is 9.97 Å². The number of aromatic nitrogens is 2. The first kappa shape index (κ1) is 13.6. The molecule has 5 nitrogen and oxygen atoms in total. The lowest BCUT2D eigenvalue weighted by Crippen LogP contribution is -1.97. The van der Waals surface area contributed by atoms with E-state index in [0.717, 1.165) is 38.8 Å². The lowest BCUT2D eigenvalue weighted by atomic mass is 10.2. The molecule has 1 aromatic carbocycles. The van der Waals surface area contributed by atoms with Crippen LogP contribution in [0.15, 0.2) is 29.9 Å². The van der Waals surface area contributed by atoms with E-state index in [4.69, 9.17) is 9.47 Å². The highest BCUT2D eigenvalue weighted by Gasteiger charge is 2.10. The van der Waals surface area contributed by atoms with Crippen molar-refractivity contribution < 1.29 is 9.47 Å². The molecule has 108 valence electrons. The third kappa shape index (κ3) is 2.62. The van der Waals surface area contributed by atoms with Gasteiger partial charge in [-0.2, -0.15) is 0 Å². The van der Waals surface area contributed by atoms with Gasteiger partial charge in [-0.1, -0.05) is 0 Å². The highest BCUT2D eigenvalue weighted by Crippen LogP contribution is 2.32. The molecule has 0 saturated carbocycles. The summed E-state index contributed by atoms with van der Waals surface area (Å²) in [5.74, 6) is 2.24. The third-order valence-electron chi connectivity index (χ3n) is 3.17. The maximum absolute atomic E-state index is 5.28. The summed E-state index contributed by atoms with van der Waals surface area (Å²) in [5.41, 5.74) is 2.02. The molecule has 0 atom stereocenters. The van der Waals surface area contributed by atoms with E-state index in [2.05, 4.69) is 27.6 Å². The molecule has 6 heteroatoms. The van der Waals surface area contributed by atoms with Crippen LogP contribution in [-0.2, 0) is 0 Å². The average molecular weight is 301 g/mol. The van der Waals surface area contributed by atoms with Gasteiger partial charge >= 0.3 is 0 Å². The normalized spacial score (nSPS) is 10.6. The average Bonchev–Trinajstić information content (AvgIpc) is 2.89. The zero-order valence-electron chi connectivity index (χ0n) is 12.0. The summed E-state index contributed by atoms with van der Waals surface area (Å²) in [6.45, 7) is 2.06. The summed E-state index contributed by atoms with van der Waals surface area (Å²) in [4.78, 5) is 9.61. The Balaban J connectivity index is 2.04. The van der Waals surface area contributed by atoms with Crippen LogP contribution in [0.3, 0.4) is 0 Å². The van der Waals surface area contributed by atoms with Crippen LogP contribution in [0.5, 0.6) is 11.5 Å². The van der Waals surface area contributed by atoms with E-state index in [1.165, 1.54) is 0 Å². The molecule has 21 heavy (non-hydrogen) atoms. The molecule has 0 unspecified atom stereocenters. The van der Waals surface area contributed by atoms with Crippen LogP contribution in [-0.4, -0.2) is 24.2 Å². The number of hydrogen-bond acceptors (Lipinski definition) is 6. The number of nitrogens with zero attached hydrogens (tertiary/aromatic N) is 2. The zero-order chi connectivity index (χ0) is 14.8. The molecule has 0 aliphatic heterocycles. The molecule has 0 bridgehead atoms. The van der Waals surface area contributed by atoms with Crippen LogP contribution >= 0.6 is 11.3 Å². The second-order valence-corrected chi connectivity index (χ2v) is 5.41.